The third kappa shape index (κ3) is 3.51. The molecular weight excluding hydrogens is 344 g/mol. The zero-order valence-corrected chi connectivity index (χ0v) is 14.0. The Kier molecular flexibility index (Phi) is 4.88. The molecule has 0 aliphatic heterocycles. The minimum absolute atomic E-state index is 0.0337. The highest BCUT2D eigenvalue weighted by atomic mass is 19.2. The van der Waals surface area contributed by atoms with E-state index in [4.69, 9.17) is 9.84 Å². The summed E-state index contributed by atoms with van der Waals surface area (Å²) in [6, 6.07) is 8.50. The molecule has 0 heterocycles. The molecule has 0 bridgehead atoms. The first kappa shape index (κ1) is 17.8. The fourth-order valence-electron chi connectivity index (χ4n) is 2.98. The second-order valence-electron chi connectivity index (χ2n) is 6.15. The molecule has 5 nitrogen and oxygen atoms in total. The van der Waals surface area contributed by atoms with Gasteiger partial charge in [-0.05, 0) is 41.7 Å². The van der Waals surface area contributed by atoms with E-state index < -0.39 is 23.5 Å². The summed E-state index contributed by atoms with van der Waals surface area (Å²) in [6.07, 6.45) is 0.466. The van der Waals surface area contributed by atoms with Crippen molar-refractivity contribution < 1.29 is 28.2 Å². The Balaban J connectivity index is 1.62. The van der Waals surface area contributed by atoms with Gasteiger partial charge in [-0.1, -0.05) is 18.2 Å². The van der Waals surface area contributed by atoms with Crippen molar-refractivity contribution in [3.05, 3.63) is 64.7 Å². The van der Waals surface area contributed by atoms with E-state index in [1.807, 2.05) is 0 Å². The van der Waals surface area contributed by atoms with Gasteiger partial charge < -0.3 is 15.2 Å². The van der Waals surface area contributed by atoms with Gasteiger partial charge in [-0.2, -0.15) is 0 Å². The summed E-state index contributed by atoms with van der Waals surface area (Å²) in [5.41, 5.74) is 0.929. The van der Waals surface area contributed by atoms with Crippen LogP contribution in [0.1, 0.15) is 33.8 Å². The average molecular weight is 361 g/mol. The first-order valence-electron chi connectivity index (χ1n) is 8.04. The number of hydrogen-bond donors (Lipinski definition) is 2. The van der Waals surface area contributed by atoms with Gasteiger partial charge in [0.05, 0.1) is 7.11 Å². The lowest BCUT2D eigenvalue weighted by atomic mass is 10.1. The van der Waals surface area contributed by atoms with Crippen LogP contribution in [0.15, 0.2) is 36.4 Å². The Bertz CT molecular complexity index is 869. The lowest BCUT2D eigenvalue weighted by Gasteiger charge is -2.09. The van der Waals surface area contributed by atoms with Gasteiger partial charge in [-0.3, -0.25) is 4.79 Å². The summed E-state index contributed by atoms with van der Waals surface area (Å²) in [5.74, 6) is -3.69. The molecule has 1 aliphatic rings. The lowest BCUT2D eigenvalue weighted by Crippen LogP contribution is -2.25. The van der Waals surface area contributed by atoms with Crippen LogP contribution in [0, 0.1) is 17.6 Å². The Labute approximate surface area is 148 Å². The van der Waals surface area contributed by atoms with E-state index in [1.165, 1.54) is 25.3 Å². The predicted octanol–water partition coefficient (Wildman–Crippen LogP) is 3.09. The molecule has 26 heavy (non-hydrogen) atoms. The largest absolute Gasteiger partial charge is 0.496 e. The van der Waals surface area contributed by atoms with Gasteiger partial charge >= 0.3 is 5.97 Å². The highest BCUT2D eigenvalue weighted by molar-refractivity contribution is 5.91. The normalized spacial score (nSPS) is 18.3. The van der Waals surface area contributed by atoms with Crippen LogP contribution in [-0.4, -0.2) is 24.1 Å². The fraction of sp³-hybridized carbons (Fsp3) is 0.263. The fourth-order valence-corrected chi connectivity index (χ4v) is 2.98. The predicted molar refractivity (Wildman–Crippen MR) is 89.0 cm³/mol. The molecule has 136 valence electrons. The van der Waals surface area contributed by atoms with Crippen molar-refractivity contribution in [1.29, 1.82) is 0 Å². The number of nitrogens with one attached hydrogen (secondary N) is 1. The number of carbonyl (C=O) groups is 2. The van der Waals surface area contributed by atoms with Crippen LogP contribution in [0.5, 0.6) is 5.75 Å². The summed E-state index contributed by atoms with van der Waals surface area (Å²) < 4.78 is 32.1. The molecule has 1 aliphatic carbocycles. The molecular formula is C19H17F2NO4. The number of carboxylic acid groups (broad SMARTS) is 1. The smallest absolute Gasteiger partial charge is 0.339 e. The van der Waals surface area contributed by atoms with E-state index >= 15 is 0 Å². The second-order valence-corrected chi connectivity index (χ2v) is 6.15. The molecule has 2 N–H and O–H groups in total. The number of hydrogen-bond acceptors (Lipinski definition) is 3. The molecule has 3 rings (SSSR count). The van der Waals surface area contributed by atoms with Crippen molar-refractivity contribution in [2.24, 2.45) is 5.92 Å². The Morgan fingerprint density at radius 2 is 2.04 bits per heavy atom. The molecule has 1 fully saturated rings. The summed E-state index contributed by atoms with van der Waals surface area (Å²) in [6.45, 7) is 0.184. The highest BCUT2D eigenvalue weighted by Crippen LogP contribution is 2.48. The zero-order valence-electron chi connectivity index (χ0n) is 14.0. The number of amides is 1. The minimum atomic E-state index is -1.10. The molecule has 0 radical (unpaired) electrons. The number of benzene rings is 2. The molecule has 2 aromatic rings. The summed E-state index contributed by atoms with van der Waals surface area (Å²) >= 11 is 0. The molecule has 1 amide bonds. The van der Waals surface area contributed by atoms with Crippen LogP contribution in [0.3, 0.4) is 0 Å². The topological polar surface area (TPSA) is 75.6 Å². The average Bonchev–Trinajstić information content (AvgIpc) is 3.42. The van der Waals surface area contributed by atoms with Gasteiger partial charge in [0.2, 0.25) is 5.91 Å². The van der Waals surface area contributed by atoms with Gasteiger partial charge in [0, 0.05) is 12.5 Å². The van der Waals surface area contributed by atoms with Crippen molar-refractivity contribution in [3.63, 3.8) is 0 Å². The number of rotatable bonds is 6. The third-order valence-electron chi connectivity index (χ3n) is 4.47. The van der Waals surface area contributed by atoms with Gasteiger partial charge in [-0.15, -0.1) is 0 Å². The van der Waals surface area contributed by atoms with E-state index in [2.05, 4.69) is 5.32 Å². The Morgan fingerprint density at radius 3 is 2.73 bits per heavy atom. The molecule has 0 saturated heterocycles. The Morgan fingerprint density at radius 1 is 1.27 bits per heavy atom. The number of methoxy groups -OCH3 is 1. The van der Waals surface area contributed by atoms with E-state index in [1.54, 1.807) is 12.1 Å². The van der Waals surface area contributed by atoms with Crippen molar-refractivity contribution in [3.8, 4) is 5.75 Å². The zero-order chi connectivity index (χ0) is 18.8. The standard InChI is InChI=1S/C19H17F2NO4/c1-26-16-7-10(5-6-12(16)19(24)25)9-22-18(23)14-8-13(14)11-3-2-4-15(20)17(11)21/h2-7,13-14H,8-9H2,1H3,(H,22,23)(H,24,25)/t13-,14-/m0/s1. The van der Waals surface area contributed by atoms with Crippen molar-refractivity contribution >= 4 is 11.9 Å². The maximum absolute atomic E-state index is 13.8. The van der Waals surface area contributed by atoms with Crippen molar-refractivity contribution in [1.82, 2.24) is 5.32 Å². The van der Waals surface area contributed by atoms with E-state index in [-0.39, 0.29) is 35.2 Å². The summed E-state index contributed by atoms with van der Waals surface area (Å²) in [5, 5.41) is 11.8. The molecule has 0 aromatic heterocycles. The molecule has 2 aromatic carbocycles. The lowest BCUT2D eigenvalue weighted by molar-refractivity contribution is -0.122. The number of aromatic carboxylic acids is 1. The van der Waals surface area contributed by atoms with Crippen molar-refractivity contribution in [2.75, 3.05) is 7.11 Å². The van der Waals surface area contributed by atoms with Crippen LogP contribution in [0.4, 0.5) is 8.78 Å². The highest BCUT2D eigenvalue weighted by Gasteiger charge is 2.45. The van der Waals surface area contributed by atoms with Crippen LogP contribution in [-0.2, 0) is 11.3 Å². The maximum atomic E-state index is 13.8. The van der Waals surface area contributed by atoms with E-state index in [0.717, 1.165) is 6.07 Å². The van der Waals surface area contributed by atoms with Crippen LogP contribution >= 0.6 is 0 Å². The number of ether oxygens (including phenoxy) is 1. The monoisotopic (exact) mass is 361 g/mol. The molecule has 1 saturated carbocycles. The SMILES string of the molecule is COc1cc(CNC(=O)[C@H]2C[C@H]2c2cccc(F)c2F)ccc1C(=O)O. The Hall–Kier alpha value is -2.96. The first-order valence-corrected chi connectivity index (χ1v) is 8.04. The molecule has 0 spiro atoms. The summed E-state index contributed by atoms with van der Waals surface area (Å²) in [4.78, 5) is 23.3. The van der Waals surface area contributed by atoms with E-state index in [9.17, 15) is 18.4 Å². The first-order chi connectivity index (χ1) is 12.4. The van der Waals surface area contributed by atoms with Gasteiger partial charge in [0.1, 0.15) is 11.3 Å². The van der Waals surface area contributed by atoms with Crippen LogP contribution in [0.25, 0.3) is 0 Å². The van der Waals surface area contributed by atoms with Crippen LogP contribution in [0.2, 0.25) is 0 Å². The van der Waals surface area contributed by atoms with Crippen molar-refractivity contribution in [2.45, 2.75) is 18.9 Å². The number of carboxylic acids is 1. The minimum Gasteiger partial charge on any atom is -0.496 e. The molecule has 7 heteroatoms. The maximum Gasteiger partial charge on any atom is 0.339 e. The quantitative estimate of drug-likeness (QED) is 0.829. The third-order valence-corrected chi connectivity index (χ3v) is 4.47. The molecule has 0 unspecified atom stereocenters. The number of carbonyl (C=O) groups excluding carboxylic acids is 1. The van der Waals surface area contributed by atoms with E-state index in [0.29, 0.717) is 12.0 Å². The van der Waals surface area contributed by atoms with Crippen LogP contribution < -0.4 is 10.1 Å². The van der Waals surface area contributed by atoms with Gasteiger partial charge in [0.25, 0.3) is 0 Å². The summed E-state index contributed by atoms with van der Waals surface area (Å²) in [7, 11) is 1.37. The van der Waals surface area contributed by atoms with Gasteiger partial charge in [-0.25, -0.2) is 13.6 Å². The van der Waals surface area contributed by atoms with Gasteiger partial charge in [0.15, 0.2) is 11.6 Å². The second kappa shape index (κ2) is 7.11. The number of halogens is 2. The molecule has 2 atom stereocenters.